The van der Waals surface area contributed by atoms with E-state index in [0.29, 0.717) is 13.0 Å². The second kappa shape index (κ2) is 6.64. The van der Waals surface area contributed by atoms with E-state index in [1.54, 1.807) is 18.6 Å². The highest BCUT2D eigenvalue weighted by Gasteiger charge is 2.34. The van der Waals surface area contributed by atoms with E-state index < -0.39 is 0 Å². The highest BCUT2D eigenvalue weighted by molar-refractivity contribution is 9.10. The molecule has 1 saturated heterocycles. The second-order valence-electron chi connectivity index (χ2n) is 6.36. The van der Waals surface area contributed by atoms with Gasteiger partial charge in [0.25, 0.3) is 0 Å². The molecular weight excluding hydrogens is 372 g/mol. The summed E-state index contributed by atoms with van der Waals surface area (Å²) in [6.07, 6.45) is 9.57. The van der Waals surface area contributed by atoms with Crippen molar-refractivity contribution in [3.05, 3.63) is 46.7 Å². The smallest absolute Gasteiger partial charge is 0.223 e. The maximum absolute atomic E-state index is 12.7. The molecule has 3 atom stereocenters. The van der Waals surface area contributed by atoms with Gasteiger partial charge in [-0.05, 0) is 34.8 Å². The first-order chi connectivity index (χ1) is 11.7. The van der Waals surface area contributed by atoms with Gasteiger partial charge >= 0.3 is 0 Å². The first-order valence-electron chi connectivity index (χ1n) is 8.23. The van der Waals surface area contributed by atoms with Gasteiger partial charge < -0.3 is 14.6 Å². The lowest BCUT2D eigenvalue weighted by Gasteiger charge is -2.26. The third-order valence-electron chi connectivity index (χ3n) is 4.79. The molecule has 1 N–H and O–H groups in total. The maximum atomic E-state index is 12.7. The number of carbonyl (C=O) groups is 1. The van der Waals surface area contributed by atoms with Crippen molar-refractivity contribution in [1.82, 2.24) is 19.9 Å². The fourth-order valence-corrected chi connectivity index (χ4v) is 3.91. The number of amides is 1. The van der Waals surface area contributed by atoms with Crippen LogP contribution in [0.4, 0.5) is 0 Å². The summed E-state index contributed by atoms with van der Waals surface area (Å²) in [4.78, 5) is 21.2. The van der Waals surface area contributed by atoms with Crippen LogP contribution in [-0.2, 0) is 22.5 Å². The molecule has 1 amide bonds. The van der Waals surface area contributed by atoms with Crippen molar-refractivity contribution in [2.45, 2.75) is 38.0 Å². The lowest BCUT2D eigenvalue weighted by molar-refractivity contribution is -0.126. The molecule has 0 saturated carbocycles. The predicted octanol–water partition coefficient (Wildman–Crippen LogP) is 2.25. The average molecular weight is 391 g/mol. The van der Waals surface area contributed by atoms with Crippen LogP contribution in [0.25, 0.3) is 0 Å². The Kier molecular flexibility index (Phi) is 4.37. The third-order valence-corrected chi connectivity index (χ3v) is 5.23. The number of fused-ring (bicyclic) bond motifs is 1. The first-order valence-corrected chi connectivity index (χ1v) is 9.02. The van der Waals surface area contributed by atoms with Crippen LogP contribution in [0.3, 0.4) is 0 Å². The van der Waals surface area contributed by atoms with Gasteiger partial charge in [0.1, 0.15) is 11.9 Å². The van der Waals surface area contributed by atoms with Crippen LogP contribution < -0.4 is 5.32 Å². The van der Waals surface area contributed by atoms with Gasteiger partial charge in [-0.2, -0.15) is 0 Å². The Bertz CT molecular complexity index is 748. The molecule has 6 nitrogen and oxygen atoms in total. The number of ether oxygens (including phenoxy) is 1. The summed E-state index contributed by atoms with van der Waals surface area (Å²) in [6.45, 7) is 1.50. The van der Waals surface area contributed by atoms with Crippen LogP contribution in [0, 0.1) is 5.92 Å². The number of nitrogens with one attached hydrogen (secondary N) is 1. The minimum atomic E-state index is -0.135. The number of aryl methyl sites for hydroxylation is 1. The number of nitrogens with zero attached hydrogens (tertiary/aromatic N) is 3. The van der Waals surface area contributed by atoms with Gasteiger partial charge in [-0.3, -0.25) is 9.78 Å². The Hall–Kier alpha value is -1.73. The summed E-state index contributed by atoms with van der Waals surface area (Å²) in [7, 11) is 0. The van der Waals surface area contributed by atoms with E-state index in [2.05, 4.69) is 35.8 Å². The zero-order chi connectivity index (χ0) is 16.5. The Morgan fingerprint density at radius 2 is 2.29 bits per heavy atom. The van der Waals surface area contributed by atoms with Gasteiger partial charge in [0.15, 0.2) is 0 Å². The van der Waals surface area contributed by atoms with Crippen LogP contribution >= 0.6 is 15.9 Å². The second-order valence-corrected chi connectivity index (χ2v) is 7.27. The molecule has 7 heteroatoms. The minimum Gasteiger partial charge on any atom is -0.371 e. The summed E-state index contributed by atoms with van der Waals surface area (Å²) in [5, 5.41) is 3.20. The van der Waals surface area contributed by atoms with Crippen LogP contribution in [0.2, 0.25) is 0 Å². The molecule has 0 aliphatic carbocycles. The Balaban J connectivity index is 1.43. The predicted molar refractivity (Wildman–Crippen MR) is 91.2 cm³/mol. The zero-order valence-corrected chi connectivity index (χ0v) is 14.8. The van der Waals surface area contributed by atoms with E-state index in [-0.39, 0.29) is 24.0 Å². The Morgan fingerprint density at radius 3 is 3.17 bits per heavy atom. The standard InChI is InChI=1S/C17H19BrN4O2/c18-13-7-12(9-19-10-13)16-14(2-6-24-16)21-17(23)11-1-4-22-5-3-20-15(22)8-11/h3,5,7,9-11,14,16H,1-2,4,6,8H2,(H,21,23)/t11?,14-,16+/m0/s1. The van der Waals surface area contributed by atoms with Crippen LogP contribution in [0.5, 0.6) is 0 Å². The molecule has 1 unspecified atom stereocenters. The molecule has 2 aromatic heterocycles. The lowest BCUT2D eigenvalue weighted by atomic mass is 9.95. The van der Waals surface area contributed by atoms with E-state index in [1.165, 1.54) is 0 Å². The normalized spacial score (nSPS) is 26.1. The van der Waals surface area contributed by atoms with Gasteiger partial charge in [-0.1, -0.05) is 0 Å². The van der Waals surface area contributed by atoms with E-state index in [9.17, 15) is 4.79 Å². The number of carbonyl (C=O) groups excluding carboxylic acids is 1. The third kappa shape index (κ3) is 3.10. The molecule has 2 aliphatic heterocycles. The summed E-state index contributed by atoms with van der Waals surface area (Å²) >= 11 is 3.44. The van der Waals surface area contributed by atoms with E-state index >= 15 is 0 Å². The summed E-state index contributed by atoms with van der Waals surface area (Å²) in [5.74, 6) is 1.09. The lowest BCUT2D eigenvalue weighted by Crippen LogP contribution is -2.42. The summed E-state index contributed by atoms with van der Waals surface area (Å²) < 4.78 is 8.89. The quantitative estimate of drug-likeness (QED) is 0.872. The van der Waals surface area contributed by atoms with Crippen molar-refractivity contribution in [1.29, 1.82) is 0 Å². The largest absolute Gasteiger partial charge is 0.371 e. The fourth-order valence-electron chi connectivity index (χ4n) is 3.53. The molecular formula is C17H19BrN4O2. The zero-order valence-electron chi connectivity index (χ0n) is 13.2. The Morgan fingerprint density at radius 1 is 1.38 bits per heavy atom. The molecule has 4 heterocycles. The monoisotopic (exact) mass is 390 g/mol. The van der Waals surface area contributed by atoms with Gasteiger partial charge in [0, 0.05) is 60.3 Å². The number of pyridine rings is 1. The molecule has 1 fully saturated rings. The molecule has 0 bridgehead atoms. The van der Waals surface area contributed by atoms with Crippen molar-refractivity contribution in [2.75, 3.05) is 6.61 Å². The SMILES string of the molecule is O=C(N[C@H]1CCO[C@@H]1c1cncc(Br)c1)C1CCn2ccnc2C1. The minimum absolute atomic E-state index is 0.00438. The van der Waals surface area contributed by atoms with Crippen molar-refractivity contribution in [2.24, 2.45) is 5.92 Å². The number of halogens is 1. The van der Waals surface area contributed by atoms with Crippen molar-refractivity contribution >= 4 is 21.8 Å². The molecule has 24 heavy (non-hydrogen) atoms. The molecule has 2 aliphatic rings. The molecule has 0 aromatic carbocycles. The van der Waals surface area contributed by atoms with Crippen molar-refractivity contribution in [3.8, 4) is 0 Å². The number of rotatable bonds is 3. The molecule has 0 spiro atoms. The molecule has 4 rings (SSSR count). The van der Waals surface area contributed by atoms with Gasteiger partial charge in [0.05, 0.1) is 6.04 Å². The topological polar surface area (TPSA) is 69.0 Å². The van der Waals surface area contributed by atoms with Gasteiger partial charge in [-0.25, -0.2) is 4.98 Å². The average Bonchev–Trinajstić information content (AvgIpc) is 3.22. The maximum Gasteiger partial charge on any atom is 0.223 e. The highest BCUT2D eigenvalue weighted by atomic mass is 79.9. The fraction of sp³-hybridized carbons (Fsp3) is 0.471. The first kappa shape index (κ1) is 15.8. The van der Waals surface area contributed by atoms with E-state index in [0.717, 1.165) is 35.2 Å². The Labute approximate surface area is 148 Å². The molecule has 126 valence electrons. The van der Waals surface area contributed by atoms with Crippen LogP contribution in [0.1, 0.15) is 30.3 Å². The van der Waals surface area contributed by atoms with Crippen molar-refractivity contribution < 1.29 is 9.53 Å². The van der Waals surface area contributed by atoms with Gasteiger partial charge in [-0.15, -0.1) is 0 Å². The molecule has 0 radical (unpaired) electrons. The number of aromatic nitrogens is 3. The van der Waals surface area contributed by atoms with Crippen LogP contribution in [-0.4, -0.2) is 33.1 Å². The summed E-state index contributed by atoms with van der Waals surface area (Å²) in [6, 6.07) is 2.00. The van der Waals surface area contributed by atoms with E-state index in [4.69, 9.17) is 4.74 Å². The van der Waals surface area contributed by atoms with Crippen molar-refractivity contribution in [3.63, 3.8) is 0 Å². The number of hydrogen-bond acceptors (Lipinski definition) is 4. The number of hydrogen-bond donors (Lipinski definition) is 1. The van der Waals surface area contributed by atoms with E-state index in [1.807, 2.05) is 12.3 Å². The highest BCUT2D eigenvalue weighted by Crippen LogP contribution is 2.30. The van der Waals surface area contributed by atoms with Gasteiger partial charge in [0.2, 0.25) is 5.91 Å². The van der Waals surface area contributed by atoms with Crippen LogP contribution in [0.15, 0.2) is 35.3 Å². The molecule has 2 aromatic rings. The number of imidazole rings is 1. The summed E-state index contributed by atoms with van der Waals surface area (Å²) in [5.41, 5.74) is 0.992.